The number of carbonyl (C=O) groups excluding carboxylic acids is 2. The van der Waals surface area contributed by atoms with Gasteiger partial charge in [-0.05, 0) is 50.6 Å². The quantitative estimate of drug-likeness (QED) is 0.520. The number of hydrogen-bond acceptors (Lipinski definition) is 8. The topological polar surface area (TPSA) is 122 Å². The van der Waals surface area contributed by atoms with Crippen LogP contribution in [0, 0.1) is 0 Å². The fraction of sp³-hybridized carbons (Fsp3) is 0.333. The maximum Gasteiger partial charge on any atom is 0.339 e. The molecule has 0 bridgehead atoms. The van der Waals surface area contributed by atoms with Crippen molar-refractivity contribution < 1.29 is 31.7 Å². The number of nitrogens with two attached hydrogens (primary N) is 1. The summed E-state index contributed by atoms with van der Waals surface area (Å²) in [7, 11) is -2.83. The number of methoxy groups -OCH3 is 1. The number of rotatable bonds is 7. The summed E-state index contributed by atoms with van der Waals surface area (Å²) in [6.07, 6.45) is 0. The van der Waals surface area contributed by atoms with Crippen LogP contribution < -0.4 is 9.92 Å². The van der Waals surface area contributed by atoms with Crippen molar-refractivity contribution in [3.05, 3.63) is 60.2 Å². The van der Waals surface area contributed by atoms with E-state index in [4.69, 9.17) is 19.4 Å². The van der Waals surface area contributed by atoms with Gasteiger partial charge in [0, 0.05) is 0 Å². The Kier molecular flexibility index (Phi) is 7.22. The molecule has 0 saturated heterocycles. The Bertz CT molecular complexity index is 980. The molecule has 30 heavy (non-hydrogen) atoms. The zero-order valence-electron chi connectivity index (χ0n) is 17.2. The van der Waals surface area contributed by atoms with E-state index in [1.165, 1.54) is 43.5 Å². The van der Waals surface area contributed by atoms with E-state index in [0.717, 1.165) is 0 Å². The van der Waals surface area contributed by atoms with Gasteiger partial charge in [-0.3, -0.25) is 9.59 Å². The predicted molar refractivity (Wildman–Crippen MR) is 109 cm³/mol. The summed E-state index contributed by atoms with van der Waals surface area (Å²) >= 11 is 0. The monoisotopic (exact) mass is 435 g/mol. The molecule has 0 aromatic heterocycles. The van der Waals surface area contributed by atoms with Crippen molar-refractivity contribution in [3.63, 3.8) is 0 Å². The molecule has 0 fully saturated rings. The van der Waals surface area contributed by atoms with E-state index in [1.807, 2.05) is 0 Å². The van der Waals surface area contributed by atoms with E-state index in [1.54, 1.807) is 39.0 Å². The molecule has 0 heterocycles. The normalized spacial score (nSPS) is 13.8. The average Bonchev–Trinajstić information content (AvgIpc) is 2.68. The summed E-state index contributed by atoms with van der Waals surface area (Å²) in [5, 5.41) is 0. The largest absolute Gasteiger partial charge is 0.468 e. The molecule has 0 amide bonds. The lowest BCUT2D eigenvalue weighted by Gasteiger charge is -2.26. The van der Waals surface area contributed by atoms with Crippen molar-refractivity contribution in [2.45, 2.75) is 43.2 Å². The van der Waals surface area contributed by atoms with Crippen LogP contribution in [-0.2, 0) is 29.2 Å². The van der Waals surface area contributed by atoms with E-state index in [0.29, 0.717) is 5.56 Å². The van der Waals surface area contributed by atoms with Crippen molar-refractivity contribution in [1.82, 2.24) is 0 Å². The summed E-state index contributed by atoms with van der Waals surface area (Å²) in [5.74, 6) is -2.58. The minimum atomic E-state index is -4.01. The third-order valence-electron chi connectivity index (χ3n) is 3.97. The SMILES string of the molecule is COC(=O)C(c1ccc(OS(=O)(=O)c2ccccc2)cc1)C(N)C(=O)OC(C)(C)C. The summed E-state index contributed by atoms with van der Waals surface area (Å²) in [5.41, 5.74) is 5.56. The molecule has 9 heteroatoms. The molecule has 2 N–H and O–H groups in total. The predicted octanol–water partition coefficient (Wildman–Crippen LogP) is 2.38. The van der Waals surface area contributed by atoms with E-state index in [-0.39, 0.29) is 10.6 Å². The molecular formula is C21H25NO7S. The first kappa shape index (κ1) is 23.4. The van der Waals surface area contributed by atoms with Gasteiger partial charge in [0.1, 0.15) is 28.2 Å². The summed E-state index contributed by atoms with van der Waals surface area (Å²) in [6.45, 7) is 5.05. The molecule has 2 unspecified atom stereocenters. The fourth-order valence-electron chi connectivity index (χ4n) is 2.62. The summed E-state index contributed by atoms with van der Waals surface area (Å²) < 4.78 is 39.8. The molecule has 2 atom stereocenters. The Hall–Kier alpha value is -2.91. The van der Waals surface area contributed by atoms with Crippen LogP contribution in [0.2, 0.25) is 0 Å². The van der Waals surface area contributed by atoms with Crippen LogP contribution in [0.15, 0.2) is 59.5 Å². The molecule has 0 spiro atoms. The number of benzene rings is 2. The van der Waals surface area contributed by atoms with Crippen LogP contribution in [0.1, 0.15) is 32.3 Å². The first-order valence-electron chi connectivity index (χ1n) is 9.10. The van der Waals surface area contributed by atoms with Crippen LogP contribution in [-0.4, -0.2) is 39.1 Å². The van der Waals surface area contributed by atoms with Gasteiger partial charge in [0.25, 0.3) is 0 Å². The zero-order valence-corrected chi connectivity index (χ0v) is 18.0. The summed E-state index contributed by atoms with van der Waals surface area (Å²) in [4.78, 5) is 24.6. The van der Waals surface area contributed by atoms with Crippen molar-refractivity contribution in [2.24, 2.45) is 5.73 Å². The van der Waals surface area contributed by atoms with Gasteiger partial charge >= 0.3 is 22.1 Å². The molecule has 0 saturated carbocycles. The lowest BCUT2D eigenvalue weighted by atomic mass is 9.91. The first-order valence-corrected chi connectivity index (χ1v) is 10.5. The number of ether oxygens (including phenoxy) is 2. The molecule has 0 aliphatic carbocycles. The standard InChI is InChI=1S/C21H25NO7S/c1-21(2,3)28-20(24)18(22)17(19(23)27-4)14-10-12-15(13-11-14)29-30(25,26)16-8-6-5-7-9-16/h5-13,17-18H,22H2,1-4H3. The van der Waals surface area contributed by atoms with Gasteiger partial charge in [-0.15, -0.1) is 0 Å². The lowest BCUT2D eigenvalue weighted by molar-refractivity contribution is -0.160. The van der Waals surface area contributed by atoms with Crippen LogP contribution >= 0.6 is 0 Å². The Balaban J connectivity index is 2.26. The van der Waals surface area contributed by atoms with E-state index >= 15 is 0 Å². The molecule has 0 aliphatic rings. The van der Waals surface area contributed by atoms with Crippen molar-refractivity contribution in [1.29, 1.82) is 0 Å². The van der Waals surface area contributed by atoms with E-state index in [9.17, 15) is 18.0 Å². The van der Waals surface area contributed by atoms with Crippen molar-refractivity contribution in [3.8, 4) is 5.75 Å². The highest BCUT2D eigenvalue weighted by atomic mass is 32.2. The van der Waals surface area contributed by atoms with Crippen molar-refractivity contribution in [2.75, 3.05) is 7.11 Å². The Labute approximate surface area is 176 Å². The third kappa shape index (κ3) is 6.04. The number of carbonyl (C=O) groups is 2. The molecular weight excluding hydrogens is 410 g/mol. The molecule has 2 rings (SSSR count). The highest BCUT2D eigenvalue weighted by molar-refractivity contribution is 7.87. The molecule has 8 nitrogen and oxygen atoms in total. The molecule has 162 valence electrons. The maximum absolute atomic E-state index is 12.3. The van der Waals surface area contributed by atoms with E-state index < -0.39 is 39.6 Å². The van der Waals surface area contributed by atoms with E-state index in [2.05, 4.69) is 0 Å². The first-order chi connectivity index (χ1) is 13.9. The molecule has 0 aliphatic heterocycles. The minimum Gasteiger partial charge on any atom is -0.468 e. The average molecular weight is 435 g/mol. The second kappa shape index (κ2) is 9.27. The Morgan fingerprint density at radius 1 is 0.933 bits per heavy atom. The number of esters is 2. The second-order valence-electron chi connectivity index (χ2n) is 7.48. The smallest absolute Gasteiger partial charge is 0.339 e. The minimum absolute atomic E-state index is 0.00783. The molecule has 2 aromatic carbocycles. The fourth-order valence-corrected chi connectivity index (χ4v) is 3.57. The van der Waals surface area contributed by atoms with Gasteiger partial charge in [0.2, 0.25) is 0 Å². The van der Waals surface area contributed by atoms with Crippen molar-refractivity contribution >= 4 is 22.1 Å². The van der Waals surface area contributed by atoms with Gasteiger partial charge in [-0.2, -0.15) is 8.42 Å². The van der Waals surface area contributed by atoms with Gasteiger partial charge in [0.05, 0.1) is 7.11 Å². The Morgan fingerprint density at radius 3 is 2.00 bits per heavy atom. The highest BCUT2D eigenvalue weighted by Crippen LogP contribution is 2.26. The Morgan fingerprint density at radius 2 is 1.50 bits per heavy atom. The van der Waals surface area contributed by atoms with Crippen LogP contribution in [0.3, 0.4) is 0 Å². The maximum atomic E-state index is 12.3. The van der Waals surface area contributed by atoms with Crippen LogP contribution in [0.4, 0.5) is 0 Å². The van der Waals surface area contributed by atoms with Gasteiger partial charge in [-0.1, -0.05) is 30.3 Å². The van der Waals surface area contributed by atoms with Gasteiger partial charge in [-0.25, -0.2) is 0 Å². The highest BCUT2D eigenvalue weighted by Gasteiger charge is 2.36. The zero-order chi connectivity index (χ0) is 22.5. The number of hydrogen-bond donors (Lipinski definition) is 1. The van der Waals surface area contributed by atoms with Gasteiger partial charge in [0.15, 0.2) is 0 Å². The van der Waals surface area contributed by atoms with Crippen LogP contribution in [0.25, 0.3) is 0 Å². The molecule has 2 aromatic rings. The second-order valence-corrected chi connectivity index (χ2v) is 9.03. The molecule has 0 radical (unpaired) electrons. The lowest BCUT2D eigenvalue weighted by Crippen LogP contribution is -2.44. The third-order valence-corrected chi connectivity index (χ3v) is 5.23. The summed E-state index contributed by atoms with van der Waals surface area (Å²) in [6, 6.07) is 12.0. The van der Waals surface area contributed by atoms with Crippen LogP contribution in [0.5, 0.6) is 5.75 Å². The van der Waals surface area contributed by atoms with Gasteiger partial charge < -0.3 is 19.4 Å².